The van der Waals surface area contributed by atoms with Crippen LogP contribution in [0.1, 0.15) is 30.4 Å². The molecular weight excluding hydrogens is 281 g/mol. The van der Waals surface area contributed by atoms with E-state index in [4.69, 9.17) is 4.74 Å². The molecule has 1 saturated heterocycles. The van der Waals surface area contributed by atoms with Crippen molar-refractivity contribution in [2.75, 3.05) is 13.2 Å². The molecule has 0 radical (unpaired) electrons. The van der Waals surface area contributed by atoms with Crippen molar-refractivity contribution in [2.24, 2.45) is 0 Å². The molecule has 0 saturated carbocycles. The summed E-state index contributed by atoms with van der Waals surface area (Å²) in [6, 6.07) is 4.48. The Kier molecular flexibility index (Phi) is 5.12. The van der Waals surface area contributed by atoms with E-state index in [2.05, 4.69) is 4.72 Å². The predicted octanol–water partition coefficient (Wildman–Crippen LogP) is 2.12. The maximum absolute atomic E-state index is 13.7. The molecule has 1 heterocycles. The molecule has 1 aromatic carbocycles. The molecule has 1 aromatic rings. The molecule has 1 fully saturated rings. The maximum atomic E-state index is 13.7. The fourth-order valence-electron chi connectivity index (χ4n) is 2.29. The topological polar surface area (TPSA) is 55.4 Å². The first kappa shape index (κ1) is 15.4. The predicted molar refractivity (Wildman–Crippen MR) is 75.4 cm³/mol. The zero-order valence-corrected chi connectivity index (χ0v) is 12.4. The molecule has 1 aliphatic rings. The number of benzene rings is 1. The average molecular weight is 301 g/mol. The van der Waals surface area contributed by atoms with Crippen molar-refractivity contribution in [3.8, 4) is 0 Å². The van der Waals surface area contributed by atoms with Gasteiger partial charge in [-0.25, -0.2) is 17.5 Å². The van der Waals surface area contributed by atoms with Crippen LogP contribution in [0.2, 0.25) is 0 Å². The Labute approximate surface area is 119 Å². The van der Waals surface area contributed by atoms with E-state index in [-0.39, 0.29) is 17.4 Å². The van der Waals surface area contributed by atoms with Gasteiger partial charge in [-0.1, -0.05) is 12.1 Å². The molecule has 0 aliphatic carbocycles. The number of nitrogens with one attached hydrogen (secondary N) is 1. The summed E-state index contributed by atoms with van der Waals surface area (Å²) in [6.07, 6.45) is 2.26. The van der Waals surface area contributed by atoms with Crippen molar-refractivity contribution in [3.05, 3.63) is 35.1 Å². The number of hydrogen-bond acceptors (Lipinski definition) is 3. The lowest BCUT2D eigenvalue weighted by Crippen LogP contribution is -2.36. The standard InChI is InChI=1S/C14H20FNO3S/c1-11-4-5-12(14(15)9-11)10-20(17,18)16-13-3-2-7-19-8-6-13/h4-5,9,13,16H,2-3,6-8,10H2,1H3. The van der Waals surface area contributed by atoms with Gasteiger partial charge in [0.15, 0.2) is 0 Å². The zero-order chi connectivity index (χ0) is 14.6. The van der Waals surface area contributed by atoms with Crippen LogP contribution in [0.25, 0.3) is 0 Å². The van der Waals surface area contributed by atoms with Crippen molar-refractivity contribution in [2.45, 2.75) is 38.0 Å². The van der Waals surface area contributed by atoms with Gasteiger partial charge in [0.2, 0.25) is 10.0 Å². The summed E-state index contributed by atoms with van der Waals surface area (Å²) in [7, 11) is -3.53. The van der Waals surface area contributed by atoms with Crippen molar-refractivity contribution >= 4 is 10.0 Å². The highest BCUT2D eigenvalue weighted by molar-refractivity contribution is 7.88. The first-order valence-electron chi connectivity index (χ1n) is 6.79. The van der Waals surface area contributed by atoms with Crippen LogP contribution in [0.5, 0.6) is 0 Å². The van der Waals surface area contributed by atoms with Crippen LogP contribution in [-0.2, 0) is 20.5 Å². The van der Waals surface area contributed by atoms with E-state index < -0.39 is 15.8 Å². The lowest BCUT2D eigenvalue weighted by molar-refractivity contribution is 0.143. The van der Waals surface area contributed by atoms with E-state index in [0.29, 0.717) is 19.6 Å². The summed E-state index contributed by atoms with van der Waals surface area (Å²) < 4.78 is 45.9. The Balaban J connectivity index is 2.02. The monoisotopic (exact) mass is 301 g/mol. The molecule has 0 amide bonds. The van der Waals surface area contributed by atoms with Crippen LogP contribution < -0.4 is 4.72 Å². The maximum Gasteiger partial charge on any atom is 0.216 e. The number of hydrogen-bond donors (Lipinski definition) is 1. The summed E-state index contributed by atoms with van der Waals surface area (Å²) in [4.78, 5) is 0. The van der Waals surface area contributed by atoms with E-state index in [1.807, 2.05) is 0 Å². The van der Waals surface area contributed by atoms with Crippen molar-refractivity contribution in [3.63, 3.8) is 0 Å². The third kappa shape index (κ3) is 4.54. The minimum atomic E-state index is -3.53. The summed E-state index contributed by atoms with van der Waals surface area (Å²) in [5, 5.41) is 0. The molecular formula is C14H20FNO3S. The second kappa shape index (κ2) is 6.65. The van der Waals surface area contributed by atoms with E-state index in [1.54, 1.807) is 13.0 Å². The Hall–Kier alpha value is -0.980. The molecule has 1 aliphatic heterocycles. The number of ether oxygens (including phenoxy) is 1. The van der Waals surface area contributed by atoms with Gasteiger partial charge in [-0.2, -0.15) is 0 Å². The van der Waals surface area contributed by atoms with E-state index in [1.165, 1.54) is 12.1 Å². The Morgan fingerprint density at radius 3 is 2.90 bits per heavy atom. The van der Waals surface area contributed by atoms with Crippen LogP contribution in [0.3, 0.4) is 0 Å². The normalized spacial score (nSPS) is 20.6. The summed E-state index contributed by atoms with van der Waals surface area (Å²) >= 11 is 0. The molecule has 1 atom stereocenters. The molecule has 112 valence electrons. The van der Waals surface area contributed by atoms with E-state index in [0.717, 1.165) is 18.4 Å². The molecule has 1 unspecified atom stereocenters. The number of sulfonamides is 1. The third-order valence-corrected chi connectivity index (χ3v) is 4.74. The molecule has 0 bridgehead atoms. The minimum Gasteiger partial charge on any atom is -0.381 e. The Bertz CT molecular complexity index is 552. The lowest BCUT2D eigenvalue weighted by atomic mass is 10.1. The van der Waals surface area contributed by atoms with Gasteiger partial charge in [0.05, 0.1) is 5.75 Å². The quantitative estimate of drug-likeness (QED) is 0.927. The molecule has 2 rings (SSSR count). The molecule has 0 aromatic heterocycles. The zero-order valence-electron chi connectivity index (χ0n) is 11.6. The van der Waals surface area contributed by atoms with Crippen LogP contribution in [0.15, 0.2) is 18.2 Å². The molecule has 6 heteroatoms. The van der Waals surface area contributed by atoms with E-state index >= 15 is 0 Å². The largest absolute Gasteiger partial charge is 0.381 e. The molecule has 0 spiro atoms. The van der Waals surface area contributed by atoms with Crippen LogP contribution in [0, 0.1) is 12.7 Å². The fourth-order valence-corrected chi connectivity index (χ4v) is 3.76. The second-order valence-electron chi connectivity index (χ2n) is 5.21. The lowest BCUT2D eigenvalue weighted by Gasteiger charge is -2.16. The van der Waals surface area contributed by atoms with Crippen molar-refractivity contribution in [1.29, 1.82) is 0 Å². The Morgan fingerprint density at radius 1 is 1.35 bits per heavy atom. The molecule has 20 heavy (non-hydrogen) atoms. The van der Waals surface area contributed by atoms with Gasteiger partial charge in [-0.05, 0) is 37.8 Å². The van der Waals surface area contributed by atoms with Crippen molar-refractivity contribution < 1.29 is 17.5 Å². The van der Waals surface area contributed by atoms with Gasteiger partial charge in [-0.3, -0.25) is 0 Å². The van der Waals surface area contributed by atoms with Crippen molar-refractivity contribution in [1.82, 2.24) is 4.72 Å². The number of aryl methyl sites for hydroxylation is 1. The van der Waals surface area contributed by atoms with Crippen LogP contribution in [-0.4, -0.2) is 27.7 Å². The number of rotatable bonds is 4. The highest BCUT2D eigenvalue weighted by Crippen LogP contribution is 2.15. The minimum absolute atomic E-state index is 0.115. The average Bonchev–Trinajstić information content (AvgIpc) is 2.61. The van der Waals surface area contributed by atoms with Crippen LogP contribution in [0.4, 0.5) is 4.39 Å². The Morgan fingerprint density at radius 2 is 2.15 bits per heavy atom. The van der Waals surface area contributed by atoms with E-state index in [9.17, 15) is 12.8 Å². The third-order valence-electron chi connectivity index (χ3n) is 3.35. The second-order valence-corrected chi connectivity index (χ2v) is 6.97. The van der Waals surface area contributed by atoms with Gasteiger partial charge in [-0.15, -0.1) is 0 Å². The van der Waals surface area contributed by atoms with Gasteiger partial charge in [0.25, 0.3) is 0 Å². The highest BCUT2D eigenvalue weighted by atomic mass is 32.2. The van der Waals surface area contributed by atoms with Gasteiger partial charge >= 0.3 is 0 Å². The van der Waals surface area contributed by atoms with Gasteiger partial charge in [0, 0.05) is 24.8 Å². The first-order chi connectivity index (χ1) is 9.46. The van der Waals surface area contributed by atoms with Gasteiger partial charge in [0.1, 0.15) is 5.82 Å². The fraction of sp³-hybridized carbons (Fsp3) is 0.571. The first-order valence-corrected chi connectivity index (χ1v) is 8.44. The highest BCUT2D eigenvalue weighted by Gasteiger charge is 2.21. The molecule has 4 nitrogen and oxygen atoms in total. The summed E-state index contributed by atoms with van der Waals surface area (Å²) in [5.74, 6) is -0.796. The smallest absolute Gasteiger partial charge is 0.216 e. The SMILES string of the molecule is Cc1ccc(CS(=O)(=O)NC2CCCOCC2)c(F)c1. The number of halogens is 1. The molecule has 1 N–H and O–H groups in total. The van der Waals surface area contributed by atoms with Gasteiger partial charge < -0.3 is 4.74 Å². The summed E-state index contributed by atoms with van der Waals surface area (Å²) in [6.45, 7) is 3.00. The van der Waals surface area contributed by atoms with Crippen LogP contribution >= 0.6 is 0 Å². The summed E-state index contributed by atoms with van der Waals surface area (Å²) in [5.41, 5.74) is 0.977.